The molecule has 0 unspecified atom stereocenters. The Kier molecular flexibility index (Phi) is 3.48. The number of rotatable bonds is 2. The van der Waals surface area contributed by atoms with Crippen molar-refractivity contribution in [3.63, 3.8) is 0 Å². The molecule has 0 bridgehead atoms. The third-order valence-electron chi connectivity index (χ3n) is 2.46. The van der Waals surface area contributed by atoms with Gasteiger partial charge in [0.05, 0.1) is 10.6 Å². The summed E-state index contributed by atoms with van der Waals surface area (Å²) in [6.45, 7) is 0. The molecular formula is C13H10ClNO4. The summed E-state index contributed by atoms with van der Waals surface area (Å²) < 4.78 is 0. The predicted molar refractivity (Wildman–Crippen MR) is 70.8 cm³/mol. The summed E-state index contributed by atoms with van der Waals surface area (Å²) in [5.41, 5.74) is 0.240. The average Bonchev–Trinajstić information content (AvgIpc) is 2.37. The minimum atomic E-state index is -0.616. The van der Waals surface area contributed by atoms with Crippen LogP contribution in [0.5, 0.6) is 17.2 Å². The summed E-state index contributed by atoms with van der Waals surface area (Å²) in [4.78, 5) is 11.9. The summed E-state index contributed by atoms with van der Waals surface area (Å²) in [7, 11) is 0. The van der Waals surface area contributed by atoms with Crippen molar-refractivity contribution < 1.29 is 20.1 Å². The van der Waals surface area contributed by atoms with Gasteiger partial charge in [0, 0.05) is 11.8 Å². The number of anilines is 1. The number of carbonyl (C=O) groups is 1. The van der Waals surface area contributed by atoms with E-state index < -0.39 is 11.7 Å². The van der Waals surface area contributed by atoms with Crippen molar-refractivity contribution in [1.82, 2.24) is 0 Å². The molecule has 4 N–H and O–H groups in total. The number of halogens is 1. The Morgan fingerprint density at radius 3 is 2.47 bits per heavy atom. The Morgan fingerprint density at radius 1 is 1.05 bits per heavy atom. The third kappa shape index (κ3) is 2.71. The molecule has 0 aliphatic heterocycles. The first kappa shape index (κ1) is 13.0. The lowest BCUT2D eigenvalue weighted by Gasteiger charge is -2.08. The van der Waals surface area contributed by atoms with E-state index >= 15 is 0 Å². The van der Waals surface area contributed by atoms with E-state index in [0.717, 1.165) is 0 Å². The number of phenolic OH excluding ortho intramolecular Hbond substituents is 3. The molecule has 0 fully saturated rings. The van der Waals surface area contributed by atoms with E-state index in [2.05, 4.69) is 5.32 Å². The Hall–Kier alpha value is -2.40. The van der Waals surface area contributed by atoms with Gasteiger partial charge in [0.1, 0.15) is 5.75 Å². The Morgan fingerprint density at radius 2 is 1.79 bits per heavy atom. The Labute approximate surface area is 113 Å². The van der Waals surface area contributed by atoms with E-state index in [-0.39, 0.29) is 22.1 Å². The van der Waals surface area contributed by atoms with Crippen molar-refractivity contribution in [3.8, 4) is 17.2 Å². The zero-order chi connectivity index (χ0) is 14.0. The highest BCUT2D eigenvalue weighted by Gasteiger charge is 2.14. The number of nitrogens with one attached hydrogen (secondary N) is 1. The molecule has 0 heterocycles. The monoisotopic (exact) mass is 279 g/mol. The second-order valence-corrected chi connectivity index (χ2v) is 4.20. The van der Waals surface area contributed by atoms with Gasteiger partial charge in [0.15, 0.2) is 11.5 Å². The van der Waals surface area contributed by atoms with E-state index in [0.29, 0.717) is 5.69 Å². The van der Waals surface area contributed by atoms with Crippen LogP contribution in [-0.4, -0.2) is 21.2 Å². The summed E-state index contributed by atoms with van der Waals surface area (Å²) in [5.74, 6) is -1.67. The summed E-state index contributed by atoms with van der Waals surface area (Å²) in [5, 5.41) is 30.9. The number of hydrogen-bond donors (Lipinski definition) is 4. The van der Waals surface area contributed by atoms with Crippen molar-refractivity contribution in [3.05, 3.63) is 47.0 Å². The van der Waals surface area contributed by atoms with Gasteiger partial charge in [-0.1, -0.05) is 17.7 Å². The van der Waals surface area contributed by atoms with Crippen LogP contribution in [0.3, 0.4) is 0 Å². The van der Waals surface area contributed by atoms with Crippen molar-refractivity contribution >= 4 is 23.2 Å². The fraction of sp³-hybridized carbons (Fsp3) is 0. The topological polar surface area (TPSA) is 89.8 Å². The molecule has 0 aromatic heterocycles. The number of benzene rings is 2. The van der Waals surface area contributed by atoms with Crippen molar-refractivity contribution in [2.75, 3.05) is 5.32 Å². The number of phenols is 3. The van der Waals surface area contributed by atoms with E-state index in [1.54, 1.807) is 0 Å². The molecule has 2 aromatic carbocycles. The number of hydrogen-bond acceptors (Lipinski definition) is 4. The van der Waals surface area contributed by atoms with Crippen LogP contribution >= 0.6 is 11.6 Å². The highest BCUT2D eigenvalue weighted by atomic mass is 35.5. The van der Waals surface area contributed by atoms with Crippen LogP contribution in [0.2, 0.25) is 5.02 Å². The molecule has 2 rings (SSSR count). The van der Waals surface area contributed by atoms with E-state index in [4.69, 9.17) is 11.6 Å². The summed E-state index contributed by atoms with van der Waals surface area (Å²) in [6.07, 6.45) is 0. The number of amides is 1. The molecule has 0 saturated heterocycles. The number of carbonyl (C=O) groups excluding carboxylic acids is 1. The van der Waals surface area contributed by atoms with Gasteiger partial charge in [-0.25, -0.2) is 0 Å². The molecule has 0 saturated carbocycles. The molecule has 5 nitrogen and oxygen atoms in total. The zero-order valence-corrected chi connectivity index (χ0v) is 10.3. The number of aromatic hydroxyl groups is 3. The summed E-state index contributed by atoms with van der Waals surface area (Å²) >= 11 is 5.64. The largest absolute Gasteiger partial charge is 0.506 e. The van der Waals surface area contributed by atoms with Gasteiger partial charge in [-0.2, -0.15) is 0 Å². The van der Waals surface area contributed by atoms with Crippen LogP contribution in [0.25, 0.3) is 0 Å². The van der Waals surface area contributed by atoms with Gasteiger partial charge in [-0.15, -0.1) is 0 Å². The molecule has 6 heteroatoms. The van der Waals surface area contributed by atoms with Crippen LogP contribution in [0.1, 0.15) is 10.4 Å². The number of para-hydroxylation sites is 1. The summed E-state index contributed by atoms with van der Waals surface area (Å²) in [6, 6.07) is 8.26. The highest BCUT2D eigenvalue weighted by molar-refractivity contribution is 6.32. The first-order valence-corrected chi connectivity index (χ1v) is 5.67. The minimum absolute atomic E-state index is 0.0746. The predicted octanol–water partition coefficient (Wildman–Crippen LogP) is 2.71. The lowest BCUT2D eigenvalue weighted by molar-refractivity contribution is 0.102. The molecule has 19 heavy (non-hydrogen) atoms. The molecule has 0 aliphatic rings. The fourth-order valence-electron chi connectivity index (χ4n) is 1.50. The van der Waals surface area contributed by atoms with Crippen molar-refractivity contribution in [2.24, 2.45) is 0 Å². The average molecular weight is 280 g/mol. The molecule has 0 spiro atoms. The Bertz CT molecular complexity index is 643. The zero-order valence-electron chi connectivity index (χ0n) is 9.59. The fourth-order valence-corrected chi connectivity index (χ4v) is 1.62. The van der Waals surface area contributed by atoms with Gasteiger partial charge in [-0.3, -0.25) is 4.79 Å². The lowest BCUT2D eigenvalue weighted by atomic mass is 10.1. The van der Waals surface area contributed by atoms with Gasteiger partial charge in [0.2, 0.25) is 0 Å². The van der Waals surface area contributed by atoms with Crippen LogP contribution in [0.15, 0.2) is 36.4 Å². The van der Waals surface area contributed by atoms with Crippen LogP contribution in [-0.2, 0) is 0 Å². The van der Waals surface area contributed by atoms with Crippen molar-refractivity contribution in [1.29, 1.82) is 0 Å². The van der Waals surface area contributed by atoms with Crippen LogP contribution in [0.4, 0.5) is 5.69 Å². The normalized spacial score (nSPS) is 10.2. The molecule has 0 radical (unpaired) electrons. The van der Waals surface area contributed by atoms with Gasteiger partial charge in [0.25, 0.3) is 5.91 Å². The second kappa shape index (κ2) is 5.07. The molecule has 1 amide bonds. The van der Waals surface area contributed by atoms with E-state index in [1.165, 1.54) is 36.4 Å². The lowest BCUT2D eigenvalue weighted by Crippen LogP contribution is -2.11. The molecule has 98 valence electrons. The maximum atomic E-state index is 11.9. The quantitative estimate of drug-likeness (QED) is 0.636. The first-order valence-electron chi connectivity index (χ1n) is 5.30. The molecule has 2 aromatic rings. The minimum Gasteiger partial charge on any atom is -0.506 e. The van der Waals surface area contributed by atoms with Gasteiger partial charge < -0.3 is 20.6 Å². The van der Waals surface area contributed by atoms with E-state index in [1.807, 2.05) is 0 Å². The first-order chi connectivity index (χ1) is 8.99. The molecule has 0 aliphatic carbocycles. The standard InChI is InChI=1S/C13H10ClNO4/c14-9-5-4-7(6-11(9)17)15-13(19)8-2-1-3-10(16)12(8)18/h1-6,16-18H,(H,15,19). The molecular weight excluding hydrogens is 270 g/mol. The maximum Gasteiger partial charge on any atom is 0.259 e. The van der Waals surface area contributed by atoms with E-state index in [9.17, 15) is 20.1 Å². The molecule has 0 atom stereocenters. The SMILES string of the molecule is O=C(Nc1ccc(Cl)c(O)c1)c1cccc(O)c1O. The van der Waals surface area contributed by atoms with Crippen molar-refractivity contribution in [2.45, 2.75) is 0 Å². The Balaban J connectivity index is 2.26. The maximum absolute atomic E-state index is 11.9. The van der Waals surface area contributed by atoms with Crippen LogP contribution < -0.4 is 5.32 Å². The highest BCUT2D eigenvalue weighted by Crippen LogP contribution is 2.30. The van der Waals surface area contributed by atoms with Gasteiger partial charge >= 0.3 is 0 Å². The van der Waals surface area contributed by atoms with Gasteiger partial charge in [-0.05, 0) is 24.3 Å². The smallest absolute Gasteiger partial charge is 0.259 e. The second-order valence-electron chi connectivity index (χ2n) is 3.79. The van der Waals surface area contributed by atoms with Crippen LogP contribution in [0, 0.1) is 0 Å². The third-order valence-corrected chi connectivity index (χ3v) is 2.78.